The van der Waals surface area contributed by atoms with Crippen LogP contribution in [-0.4, -0.2) is 24.1 Å². The number of fused-ring (bicyclic) bond motifs is 2. The molecule has 2 bridgehead atoms. The summed E-state index contributed by atoms with van der Waals surface area (Å²) in [6.07, 6.45) is 1.51. The molecule has 0 radical (unpaired) electrons. The van der Waals surface area contributed by atoms with Crippen LogP contribution in [0.15, 0.2) is 11.1 Å². The van der Waals surface area contributed by atoms with Gasteiger partial charge in [0.2, 0.25) is 0 Å². The van der Waals surface area contributed by atoms with Crippen LogP contribution in [0.4, 0.5) is 0 Å². The zero-order valence-electron chi connectivity index (χ0n) is 24.0. The number of carbonyl (C=O) groups is 1. The zero-order chi connectivity index (χ0) is 33.0. The molecule has 0 aromatic heterocycles. The van der Waals surface area contributed by atoms with E-state index in [4.69, 9.17) is 13.6 Å². The van der Waals surface area contributed by atoms with Gasteiger partial charge in [-0.25, -0.2) is 0 Å². The maximum atomic E-state index is 13.9. The molecule has 0 spiro atoms. The van der Waals surface area contributed by atoms with Crippen LogP contribution in [0.3, 0.4) is 0 Å². The monoisotopic (exact) mass is 1050 g/mol. The Hall–Kier alpha value is 10.0. The minimum absolute atomic E-state index is 0.0316. The van der Waals surface area contributed by atoms with Crippen LogP contribution >= 0.6 is 203 Å². The molecule has 29 heteroatoms. The summed E-state index contributed by atoms with van der Waals surface area (Å²) in [4.78, 5) is 13.9. The van der Waals surface area contributed by atoms with Gasteiger partial charge in [0.05, 0.1) is 27.3 Å². The summed E-state index contributed by atoms with van der Waals surface area (Å²) in [7, 11) is 39.6. The van der Waals surface area contributed by atoms with Gasteiger partial charge in [-0.2, -0.15) is 0 Å². The Labute approximate surface area is 305 Å². The van der Waals surface area contributed by atoms with Crippen molar-refractivity contribution in [2.45, 2.75) is 58.3 Å². The second-order valence-corrected chi connectivity index (χ2v) is 94.4. The van der Waals surface area contributed by atoms with Crippen molar-refractivity contribution < 1.29 is 18.4 Å². The fourth-order valence-electron chi connectivity index (χ4n) is 5.17. The molecule has 0 aliphatic heterocycles. The Morgan fingerprint density at radius 2 is 1.35 bits per heavy atom. The van der Waals surface area contributed by atoms with Crippen molar-refractivity contribution in [3.63, 3.8) is 0 Å². The topological polar surface area (TPSA) is 44.8 Å². The molecule has 0 heterocycles. The molecule has 0 aromatic carbocycles. The third-order valence-corrected chi connectivity index (χ3v) is 126. The fourth-order valence-corrected chi connectivity index (χ4v) is 168. The molecule has 43 heavy (non-hydrogen) atoms. The van der Waals surface area contributed by atoms with E-state index in [0.717, 1.165) is 14.4 Å². The van der Waals surface area contributed by atoms with Crippen molar-refractivity contribution in [3.8, 4) is 0 Å². The second-order valence-electron chi connectivity index (χ2n) is 9.92. The van der Waals surface area contributed by atoms with Gasteiger partial charge in [-0.3, -0.25) is 4.79 Å². The molecule has 20 unspecified atom stereocenters. The molecule has 0 aromatic rings. The van der Waals surface area contributed by atoms with Crippen molar-refractivity contribution in [1.29, 1.82) is 0 Å². The van der Waals surface area contributed by atoms with Gasteiger partial charge in [0.15, 0.2) is 5.78 Å². The van der Waals surface area contributed by atoms with Crippen LogP contribution in [0.1, 0.15) is 40.0 Å². The minimum atomic E-state index is -0.664. The number of rotatable bonds is 15. The standard InChI is InChI=1S/C14H47O4P25/c1-7-11(18-35(41(31)37(23)24)43(39(27)28)40(29)30)6-8-13(16-32-19)9(15)4-5-10(12(7)14(8,2)3)17-34(36(21)22)42(33-20)38(25)26/h8,10-11,13,32-33H,4-6,19-31H2,1-3H3/t8?,10-,11-,13+,34?,35?,41?,42?/m0/s1. The third kappa shape index (κ3) is 14.1. The number of hydrogen-bond donors (Lipinski definition) is 0. The van der Waals surface area contributed by atoms with Gasteiger partial charge in [-0.05, 0) is 71.3 Å². The Bertz CT molecular complexity index is 926. The van der Waals surface area contributed by atoms with Gasteiger partial charge in [-0.15, -0.1) is 98.2 Å². The number of Topliss-reactive ketones (excluding diaryl/α,β-unsaturated/α-hetero) is 1. The Balaban J connectivity index is 2.75. The summed E-state index contributed by atoms with van der Waals surface area (Å²) < 4.78 is 21.2. The van der Waals surface area contributed by atoms with Crippen molar-refractivity contribution in [3.05, 3.63) is 11.1 Å². The van der Waals surface area contributed by atoms with Gasteiger partial charge in [0.1, 0.15) is 6.10 Å². The van der Waals surface area contributed by atoms with Crippen molar-refractivity contribution >= 4 is 209 Å². The lowest BCUT2D eigenvalue weighted by atomic mass is 9.59. The molecule has 2 rings (SSSR count). The van der Waals surface area contributed by atoms with E-state index >= 15 is 0 Å². The first-order valence-corrected chi connectivity index (χ1v) is 55.4. The van der Waals surface area contributed by atoms with Gasteiger partial charge in [-0.1, -0.05) is 39.7 Å². The van der Waals surface area contributed by atoms with E-state index in [1.807, 2.05) is 0 Å². The molecule has 252 valence electrons. The third-order valence-electron chi connectivity index (χ3n) is 6.96. The minimum Gasteiger partial charge on any atom is -0.347 e. The van der Waals surface area contributed by atoms with E-state index in [9.17, 15) is 4.79 Å². The highest BCUT2D eigenvalue weighted by Crippen LogP contribution is 3.18. The molecule has 2 aliphatic rings. The summed E-state index contributed by atoms with van der Waals surface area (Å²) in [6, 6.07) is 0. The molecule has 0 saturated heterocycles. The number of hydrogen-bond acceptors (Lipinski definition) is 4. The van der Waals surface area contributed by atoms with Gasteiger partial charge >= 0.3 is 0 Å². The largest absolute Gasteiger partial charge is 0.347 e. The van der Waals surface area contributed by atoms with E-state index in [0.29, 0.717) is 12.8 Å². The lowest BCUT2D eigenvalue weighted by molar-refractivity contribution is -0.132. The van der Waals surface area contributed by atoms with Crippen LogP contribution in [0.25, 0.3) is 0 Å². The lowest BCUT2D eigenvalue weighted by Gasteiger charge is -2.52. The van der Waals surface area contributed by atoms with Crippen LogP contribution in [0, 0.1) is 11.3 Å². The maximum Gasteiger partial charge on any atom is 0.162 e. The molecular formula is C14H47O4P25. The van der Waals surface area contributed by atoms with Crippen LogP contribution < -0.4 is 0 Å². The van der Waals surface area contributed by atoms with Crippen LogP contribution in [-0.2, 0) is 18.4 Å². The second kappa shape index (κ2) is 24.1. The average Bonchev–Trinajstić information content (AvgIpc) is 2.89. The van der Waals surface area contributed by atoms with E-state index in [2.05, 4.69) is 137 Å². The quantitative estimate of drug-likeness (QED) is 0.121. The molecule has 23 atom stereocenters. The molecule has 0 amide bonds. The fraction of sp³-hybridized carbons (Fsp3) is 0.786. The SMILES string of the molecule is CC1=C2[C@@H](OP(P(P)P)P(PP)P(P)P)CCC(=O)[C@H](OPP)C(C[C@@H]1OP(P(P)P(P)P)P(P(P)P)P(P)P)C2(C)C. The van der Waals surface area contributed by atoms with Gasteiger partial charge < -0.3 is 13.6 Å². The summed E-state index contributed by atoms with van der Waals surface area (Å²) in [5.41, 5.74) is 2.49. The number of ketones is 1. The molecular weight excluding hydrogens is 1010 g/mol. The molecule has 4 nitrogen and oxygen atoms in total. The molecule has 1 fully saturated rings. The normalized spacial score (nSPS) is 28.4. The smallest absolute Gasteiger partial charge is 0.162 e. The van der Waals surface area contributed by atoms with Crippen LogP contribution in [0.5, 0.6) is 0 Å². The first-order chi connectivity index (χ1) is 19.9. The summed E-state index contributed by atoms with van der Waals surface area (Å²) in [6.45, 7) is 4.51. The first-order valence-electron chi connectivity index (χ1n) is 12.3. The predicted octanol–water partition coefficient (Wildman–Crippen LogP) is 16.3. The van der Waals surface area contributed by atoms with Crippen molar-refractivity contribution in [2.75, 3.05) is 0 Å². The first kappa shape index (κ1) is 49.2. The Morgan fingerprint density at radius 1 is 0.791 bits per heavy atom. The van der Waals surface area contributed by atoms with Crippen LogP contribution in [0.2, 0.25) is 0 Å². The van der Waals surface area contributed by atoms with Gasteiger partial charge in [0.25, 0.3) is 0 Å². The van der Waals surface area contributed by atoms with E-state index < -0.39 is 28.1 Å². The summed E-state index contributed by atoms with van der Waals surface area (Å²) in [5, 5.41) is 0. The van der Waals surface area contributed by atoms with E-state index in [1.54, 1.807) is 0 Å². The van der Waals surface area contributed by atoms with E-state index in [1.165, 1.54) is 11.1 Å². The highest BCUT2D eigenvalue weighted by Gasteiger charge is 2.53. The van der Waals surface area contributed by atoms with Crippen molar-refractivity contribution in [1.82, 2.24) is 0 Å². The summed E-state index contributed by atoms with van der Waals surface area (Å²) >= 11 is 0. The highest BCUT2D eigenvalue weighted by atomic mass is 33.2. The van der Waals surface area contributed by atoms with Gasteiger partial charge in [0, 0.05) is 41.8 Å². The molecule has 0 N–H and O–H groups in total. The number of carbonyl (C=O) groups excluding carboxylic acids is 1. The predicted molar refractivity (Wildman–Crippen MR) is 276 cm³/mol. The van der Waals surface area contributed by atoms with Crippen molar-refractivity contribution in [2.24, 2.45) is 11.3 Å². The Morgan fingerprint density at radius 3 is 1.79 bits per heavy atom. The van der Waals surface area contributed by atoms with E-state index in [-0.39, 0.29) is 86.7 Å². The lowest BCUT2D eigenvalue weighted by Crippen LogP contribution is -2.50. The molecule has 1 saturated carbocycles. The highest BCUT2D eigenvalue weighted by molar-refractivity contribution is 9.19. The molecule has 2 aliphatic carbocycles. The summed E-state index contributed by atoms with van der Waals surface area (Å²) in [5.74, 6) is 0.271. The zero-order valence-corrected chi connectivity index (χ0v) is 50.0. The Kier molecular flexibility index (Phi) is 27.5. The maximum absolute atomic E-state index is 13.9. The average molecular weight is 1050 g/mol.